The molecular weight excluding hydrogens is 140 g/mol. The SMILES string of the molecule is CCCCC[C@@H]1CCOC1=O. The summed E-state index contributed by atoms with van der Waals surface area (Å²) in [5, 5.41) is 0. The minimum atomic E-state index is 0.0288. The van der Waals surface area contributed by atoms with Crippen molar-refractivity contribution in [3.8, 4) is 0 Å². The van der Waals surface area contributed by atoms with Crippen LogP contribution in [0.2, 0.25) is 0 Å². The monoisotopic (exact) mass is 156 g/mol. The summed E-state index contributed by atoms with van der Waals surface area (Å²) in [6, 6.07) is 0. The normalized spacial score (nSPS) is 23.7. The summed E-state index contributed by atoms with van der Waals surface area (Å²) < 4.78 is 4.86. The lowest BCUT2D eigenvalue weighted by Gasteiger charge is -2.02. The molecule has 2 heteroatoms. The Morgan fingerprint density at radius 2 is 2.36 bits per heavy atom. The van der Waals surface area contributed by atoms with Gasteiger partial charge in [0.25, 0.3) is 0 Å². The molecule has 1 aliphatic rings. The first-order chi connectivity index (χ1) is 5.34. The summed E-state index contributed by atoms with van der Waals surface area (Å²) in [6.45, 7) is 2.82. The molecule has 0 radical (unpaired) electrons. The van der Waals surface area contributed by atoms with E-state index in [9.17, 15) is 4.79 Å². The largest absolute Gasteiger partial charge is 0.465 e. The van der Waals surface area contributed by atoms with Crippen molar-refractivity contribution in [3.63, 3.8) is 0 Å². The van der Waals surface area contributed by atoms with Gasteiger partial charge in [0.15, 0.2) is 0 Å². The van der Waals surface area contributed by atoms with Gasteiger partial charge in [0.05, 0.1) is 12.5 Å². The number of unbranched alkanes of at least 4 members (excludes halogenated alkanes) is 2. The average molecular weight is 156 g/mol. The van der Waals surface area contributed by atoms with Crippen LogP contribution in [0.15, 0.2) is 0 Å². The van der Waals surface area contributed by atoms with E-state index >= 15 is 0 Å². The third-order valence-corrected chi connectivity index (χ3v) is 2.20. The van der Waals surface area contributed by atoms with Crippen molar-refractivity contribution >= 4 is 5.97 Å². The molecule has 0 spiro atoms. The number of esters is 1. The maximum absolute atomic E-state index is 10.9. The molecule has 0 aromatic carbocycles. The van der Waals surface area contributed by atoms with Crippen LogP contribution >= 0.6 is 0 Å². The number of ether oxygens (including phenoxy) is 1. The fourth-order valence-corrected chi connectivity index (χ4v) is 1.44. The van der Waals surface area contributed by atoms with Crippen LogP contribution in [0.25, 0.3) is 0 Å². The van der Waals surface area contributed by atoms with Crippen LogP contribution in [-0.2, 0) is 9.53 Å². The molecule has 11 heavy (non-hydrogen) atoms. The van der Waals surface area contributed by atoms with E-state index in [4.69, 9.17) is 4.74 Å². The summed E-state index contributed by atoms with van der Waals surface area (Å²) in [7, 11) is 0. The first kappa shape index (κ1) is 8.57. The molecule has 0 bridgehead atoms. The number of carbonyl (C=O) groups is 1. The zero-order chi connectivity index (χ0) is 8.10. The molecule has 64 valence electrons. The van der Waals surface area contributed by atoms with Gasteiger partial charge in [0.1, 0.15) is 0 Å². The highest BCUT2D eigenvalue weighted by molar-refractivity contribution is 5.73. The van der Waals surface area contributed by atoms with Crippen LogP contribution < -0.4 is 0 Å². The van der Waals surface area contributed by atoms with E-state index in [2.05, 4.69) is 6.92 Å². The zero-order valence-electron chi connectivity index (χ0n) is 7.14. The molecule has 0 amide bonds. The highest BCUT2D eigenvalue weighted by Crippen LogP contribution is 2.20. The van der Waals surface area contributed by atoms with Crippen LogP contribution in [0.3, 0.4) is 0 Å². The van der Waals surface area contributed by atoms with E-state index < -0.39 is 0 Å². The maximum atomic E-state index is 10.9. The summed E-state index contributed by atoms with van der Waals surface area (Å²) in [5.74, 6) is 0.252. The van der Waals surface area contributed by atoms with E-state index in [1.54, 1.807) is 0 Å². The van der Waals surface area contributed by atoms with Gasteiger partial charge in [-0.25, -0.2) is 0 Å². The van der Waals surface area contributed by atoms with Gasteiger partial charge >= 0.3 is 5.97 Å². The first-order valence-electron chi connectivity index (χ1n) is 4.51. The van der Waals surface area contributed by atoms with Gasteiger partial charge in [-0.1, -0.05) is 26.2 Å². The Hall–Kier alpha value is -0.530. The second-order valence-electron chi connectivity index (χ2n) is 3.15. The molecule has 1 fully saturated rings. The molecule has 0 N–H and O–H groups in total. The smallest absolute Gasteiger partial charge is 0.309 e. The topological polar surface area (TPSA) is 26.3 Å². The fourth-order valence-electron chi connectivity index (χ4n) is 1.44. The molecule has 0 unspecified atom stereocenters. The Morgan fingerprint density at radius 3 is 2.91 bits per heavy atom. The quantitative estimate of drug-likeness (QED) is 0.460. The molecule has 0 aromatic heterocycles. The van der Waals surface area contributed by atoms with Crippen molar-refractivity contribution in [1.29, 1.82) is 0 Å². The van der Waals surface area contributed by atoms with Gasteiger partial charge in [0, 0.05) is 0 Å². The van der Waals surface area contributed by atoms with Gasteiger partial charge < -0.3 is 4.74 Å². The van der Waals surface area contributed by atoms with E-state index in [1.165, 1.54) is 19.3 Å². The van der Waals surface area contributed by atoms with Gasteiger partial charge in [0.2, 0.25) is 0 Å². The van der Waals surface area contributed by atoms with E-state index in [0.29, 0.717) is 6.61 Å². The highest BCUT2D eigenvalue weighted by atomic mass is 16.5. The van der Waals surface area contributed by atoms with Gasteiger partial charge in [-0.15, -0.1) is 0 Å². The number of cyclic esters (lactones) is 1. The third-order valence-electron chi connectivity index (χ3n) is 2.20. The standard InChI is InChI=1S/C9H16O2/c1-2-3-4-5-8-6-7-11-9(8)10/h8H,2-7H2,1H3/t8-/m1/s1. The lowest BCUT2D eigenvalue weighted by molar-refractivity contribution is -0.141. The Labute approximate surface area is 67.9 Å². The lowest BCUT2D eigenvalue weighted by atomic mass is 10.0. The number of hydrogen-bond acceptors (Lipinski definition) is 2. The van der Waals surface area contributed by atoms with E-state index in [0.717, 1.165) is 12.8 Å². The molecule has 1 rings (SSSR count). The lowest BCUT2D eigenvalue weighted by Crippen LogP contribution is -2.06. The number of rotatable bonds is 4. The molecule has 0 aromatic rings. The minimum absolute atomic E-state index is 0.0288. The highest BCUT2D eigenvalue weighted by Gasteiger charge is 2.25. The van der Waals surface area contributed by atoms with E-state index in [1.807, 2.05) is 0 Å². The molecule has 1 aliphatic heterocycles. The van der Waals surface area contributed by atoms with Crippen LogP contribution in [0.4, 0.5) is 0 Å². The van der Waals surface area contributed by atoms with Crippen LogP contribution in [0.1, 0.15) is 39.0 Å². The number of hydrogen-bond donors (Lipinski definition) is 0. The Balaban J connectivity index is 2.10. The Morgan fingerprint density at radius 1 is 1.55 bits per heavy atom. The van der Waals surface area contributed by atoms with Crippen molar-refractivity contribution in [3.05, 3.63) is 0 Å². The van der Waals surface area contributed by atoms with Gasteiger partial charge in [-0.3, -0.25) is 4.79 Å². The predicted octanol–water partition coefficient (Wildman–Crippen LogP) is 2.13. The second kappa shape index (κ2) is 4.37. The molecule has 0 saturated carbocycles. The van der Waals surface area contributed by atoms with Gasteiger partial charge in [-0.05, 0) is 12.8 Å². The average Bonchev–Trinajstić information content (AvgIpc) is 2.37. The predicted molar refractivity (Wildman–Crippen MR) is 43.2 cm³/mol. The van der Waals surface area contributed by atoms with Crippen LogP contribution in [0, 0.1) is 5.92 Å². The van der Waals surface area contributed by atoms with Crippen LogP contribution in [-0.4, -0.2) is 12.6 Å². The molecular formula is C9H16O2. The molecule has 1 atom stereocenters. The summed E-state index contributed by atoms with van der Waals surface area (Å²) in [6.07, 6.45) is 5.62. The van der Waals surface area contributed by atoms with Crippen molar-refractivity contribution in [2.75, 3.05) is 6.61 Å². The van der Waals surface area contributed by atoms with Gasteiger partial charge in [-0.2, -0.15) is 0 Å². The van der Waals surface area contributed by atoms with Crippen molar-refractivity contribution in [2.45, 2.75) is 39.0 Å². The minimum Gasteiger partial charge on any atom is -0.465 e. The Bertz CT molecular complexity index is 132. The third kappa shape index (κ3) is 2.52. The number of carbonyl (C=O) groups excluding carboxylic acids is 1. The fraction of sp³-hybridized carbons (Fsp3) is 0.889. The van der Waals surface area contributed by atoms with Crippen molar-refractivity contribution in [2.24, 2.45) is 5.92 Å². The summed E-state index contributed by atoms with van der Waals surface area (Å²) in [4.78, 5) is 10.9. The maximum Gasteiger partial charge on any atom is 0.309 e. The summed E-state index contributed by atoms with van der Waals surface area (Å²) >= 11 is 0. The zero-order valence-corrected chi connectivity index (χ0v) is 7.14. The molecule has 0 aliphatic carbocycles. The molecule has 2 nitrogen and oxygen atoms in total. The first-order valence-corrected chi connectivity index (χ1v) is 4.51. The molecule has 1 saturated heterocycles. The van der Waals surface area contributed by atoms with E-state index in [-0.39, 0.29) is 11.9 Å². The Kier molecular flexibility index (Phi) is 3.40. The van der Waals surface area contributed by atoms with Crippen molar-refractivity contribution in [1.82, 2.24) is 0 Å². The van der Waals surface area contributed by atoms with Crippen LogP contribution in [0.5, 0.6) is 0 Å². The summed E-state index contributed by atoms with van der Waals surface area (Å²) in [5.41, 5.74) is 0. The van der Waals surface area contributed by atoms with Crippen molar-refractivity contribution < 1.29 is 9.53 Å². The molecule has 1 heterocycles. The second-order valence-corrected chi connectivity index (χ2v) is 3.15.